The Labute approximate surface area is 154 Å². The molecule has 2 aromatic heterocycles. The lowest BCUT2D eigenvalue weighted by Gasteiger charge is -2.09. The third-order valence-electron chi connectivity index (χ3n) is 4.01. The molecule has 7 heteroatoms. The summed E-state index contributed by atoms with van der Waals surface area (Å²) in [6.45, 7) is 3.82. The second-order valence-corrected chi connectivity index (χ2v) is 9.44. The van der Waals surface area contributed by atoms with Crippen LogP contribution in [0.15, 0.2) is 9.72 Å². The van der Waals surface area contributed by atoms with Gasteiger partial charge >= 0.3 is 0 Å². The number of nitrogens with one attached hydrogen (secondary N) is 1. The summed E-state index contributed by atoms with van der Waals surface area (Å²) in [7, 11) is 0. The largest absolute Gasteiger partial charge is 0.316 e. The number of rotatable bonds is 4. The van der Waals surface area contributed by atoms with E-state index in [1.165, 1.54) is 29.5 Å². The molecule has 0 aromatic carbocycles. The lowest BCUT2D eigenvalue weighted by Crippen LogP contribution is -2.22. The molecule has 0 unspecified atom stereocenters. The minimum absolute atomic E-state index is 0.0687. The maximum Gasteiger partial charge on any atom is 0.238 e. The van der Waals surface area contributed by atoms with Gasteiger partial charge in [0.25, 0.3) is 0 Å². The highest BCUT2D eigenvalue weighted by atomic mass is 32.2. The summed E-state index contributed by atoms with van der Waals surface area (Å²) in [5.41, 5.74) is 2.81. The fourth-order valence-corrected chi connectivity index (χ4v) is 5.98. The number of nitrogens with zero attached hydrogens (tertiary/aromatic N) is 2. The van der Waals surface area contributed by atoms with Gasteiger partial charge in [-0.25, -0.2) is 4.98 Å². The minimum Gasteiger partial charge on any atom is -0.316 e. The van der Waals surface area contributed by atoms with Crippen molar-refractivity contribution >= 4 is 45.3 Å². The van der Waals surface area contributed by atoms with Gasteiger partial charge in [0.1, 0.15) is 11.1 Å². The van der Waals surface area contributed by atoms with Crippen molar-refractivity contribution in [3.63, 3.8) is 0 Å². The highest BCUT2D eigenvalue weighted by Crippen LogP contribution is 2.37. The predicted octanol–water partition coefficient (Wildman–Crippen LogP) is 4.77. The van der Waals surface area contributed by atoms with E-state index < -0.39 is 0 Å². The van der Waals surface area contributed by atoms with Crippen molar-refractivity contribution in [2.75, 3.05) is 5.32 Å². The molecule has 1 atom stereocenters. The summed E-state index contributed by atoms with van der Waals surface area (Å²) >= 11 is 4.60. The second kappa shape index (κ2) is 7.68. The fourth-order valence-electron chi connectivity index (χ4n) is 2.75. The Morgan fingerprint density at radius 2 is 2.21 bits per heavy atom. The first kappa shape index (κ1) is 17.5. The zero-order valence-electron chi connectivity index (χ0n) is 13.7. The van der Waals surface area contributed by atoms with E-state index in [2.05, 4.69) is 16.4 Å². The van der Waals surface area contributed by atoms with Gasteiger partial charge in [-0.1, -0.05) is 18.2 Å². The van der Waals surface area contributed by atoms with E-state index in [9.17, 15) is 10.1 Å². The summed E-state index contributed by atoms with van der Waals surface area (Å²) in [5, 5.41) is 15.0. The van der Waals surface area contributed by atoms with E-state index in [0.29, 0.717) is 5.56 Å². The molecule has 2 heterocycles. The van der Waals surface area contributed by atoms with E-state index in [0.717, 1.165) is 39.9 Å². The summed E-state index contributed by atoms with van der Waals surface area (Å²) in [6.07, 6.45) is 5.48. The minimum atomic E-state index is -0.246. The number of thioether (sulfide) groups is 1. The molecule has 0 saturated carbocycles. The van der Waals surface area contributed by atoms with Crippen LogP contribution in [0.4, 0.5) is 5.00 Å². The molecule has 1 N–H and O–H groups in total. The van der Waals surface area contributed by atoms with Crippen LogP contribution in [-0.4, -0.2) is 16.1 Å². The third-order valence-corrected chi connectivity index (χ3v) is 7.41. The molecule has 24 heavy (non-hydrogen) atoms. The van der Waals surface area contributed by atoms with Gasteiger partial charge < -0.3 is 5.32 Å². The Kier molecular flexibility index (Phi) is 5.59. The highest BCUT2D eigenvalue weighted by Gasteiger charge is 2.23. The number of nitriles is 1. The van der Waals surface area contributed by atoms with Gasteiger partial charge in [0.2, 0.25) is 5.91 Å². The number of thiazole rings is 1. The first-order chi connectivity index (χ1) is 11.6. The van der Waals surface area contributed by atoms with Gasteiger partial charge in [-0.15, -0.1) is 22.7 Å². The third kappa shape index (κ3) is 3.82. The summed E-state index contributed by atoms with van der Waals surface area (Å²) in [5.74, 6) is -0.0687. The molecular formula is C17H19N3OS3. The van der Waals surface area contributed by atoms with E-state index >= 15 is 0 Å². The van der Waals surface area contributed by atoms with E-state index in [-0.39, 0.29) is 11.2 Å². The first-order valence-corrected chi connectivity index (χ1v) is 10.6. The standard InChI is InChI=1S/C17H19N3OS3/c1-10-9-22-17(19-10)23-11(2)15(21)20-16-13(8-18)12-6-4-3-5-7-14(12)24-16/h9,11H,3-7H2,1-2H3,(H,20,21)/t11-/m0/s1. The van der Waals surface area contributed by atoms with Crippen molar-refractivity contribution in [1.29, 1.82) is 5.26 Å². The zero-order valence-corrected chi connectivity index (χ0v) is 16.2. The number of aryl methyl sites for hydroxylation is 2. The Morgan fingerprint density at radius 1 is 1.42 bits per heavy atom. The fraction of sp³-hybridized carbons (Fsp3) is 0.471. The smallest absolute Gasteiger partial charge is 0.238 e. The van der Waals surface area contributed by atoms with Crippen LogP contribution < -0.4 is 5.32 Å². The van der Waals surface area contributed by atoms with Crippen LogP contribution in [0.2, 0.25) is 0 Å². The summed E-state index contributed by atoms with van der Waals surface area (Å²) in [6, 6.07) is 2.31. The summed E-state index contributed by atoms with van der Waals surface area (Å²) in [4.78, 5) is 18.2. The molecule has 0 aliphatic heterocycles. The SMILES string of the molecule is Cc1csc(S[C@@H](C)C(=O)Nc2sc3c(c2C#N)CCCCC3)n1. The van der Waals surface area contributed by atoms with Crippen molar-refractivity contribution < 1.29 is 4.79 Å². The maximum atomic E-state index is 12.5. The molecule has 126 valence electrons. The molecule has 0 fully saturated rings. The Bertz CT molecular complexity index is 788. The number of amides is 1. The molecule has 0 saturated heterocycles. The monoisotopic (exact) mass is 377 g/mol. The lowest BCUT2D eigenvalue weighted by atomic mass is 10.1. The number of thiophene rings is 1. The molecule has 0 radical (unpaired) electrons. The van der Waals surface area contributed by atoms with E-state index in [1.54, 1.807) is 22.7 Å². The summed E-state index contributed by atoms with van der Waals surface area (Å²) < 4.78 is 0.901. The topological polar surface area (TPSA) is 65.8 Å². The lowest BCUT2D eigenvalue weighted by molar-refractivity contribution is -0.115. The van der Waals surface area contributed by atoms with Crippen molar-refractivity contribution in [3.8, 4) is 6.07 Å². The number of carbonyl (C=O) groups is 1. The van der Waals surface area contributed by atoms with Gasteiger partial charge in [-0.2, -0.15) is 5.26 Å². The molecule has 0 bridgehead atoms. The van der Waals surface area contributed by atoms with Crippen LogP contribution in [0.5, 0.6) is 0 Å². The molecule has 1 aliphatic rings. The molecule has 1 amide bonds. The number of fused-ring (bicyclic) bond motifs is 1. The van der Waals surface area contributed by atoms with E-state index in [4.69, 9.17) is 0 Å². The van der Waals surface area contributed by atoms with Crippen LogP contribution in [-0.2, 0) is 17.6 Å². The van der Waals surface area contributed by atoms with E-state index in [1.807, 2.05) is 19.2 Å². The Morgan fingerprint density at radius 3 is 2.92 bits per heavy atom. The molecule has 0 spiro atoms. The van der Waals surface area contributed by atoms with Crippen LogP contribution >= 0.6 is 34.4 Å². The Balaban J connectivity index is 1.73. The Hall–Kier alpha value is -1.36. The molecular weight excluding hydrogens is 358 g/mol. The molecule has 3 rings (SSSR count). The number of hydrogen-bond donors (Lipinski definition) is 1. The second-order valence-electron chi connectivity index (χ2n) is 5.88. The number of carbonyl (C=O) groups excluding carboxylic acids is 1. The van der Waals surface area contributed by atoms with Crippen LogP contribution in [0.3, 0.4) is 0 Å². The average Bonchev–Trinajstić information content (AvgIpc) is 3.02. The van der Waals surface area contributed by atoms with Crippen molar-refractivity contribution in [1.82, 2.24) is 4.98 Å². The normalized spacial score (nSPS) is 15.2. The van der Waals surface area contributed by atoms with Gasteiger partial charge in [0.05, 0.1) is 10.8 Å². The van der Waals surface area contributed by atoms with Crippen molar-refractivity contribution in [2.24, 2.45) is 0 Å². The quantitative estimate of drug-likeness (QED) is 0.615. The van der Waals surface area contributed by atoms with Crippen molar-refractivity contribution in [2.45, 2.75) is 55.5 Å². The van der Waals surface area contributed by atoms with Gasteiger partial charge in [-0.05, 0) is 45.1 Å². The number of anilines is 1. The average molecular weight is 378 g/mol. The number of hydrogen-bond acceptors (Lipinski definition) is 6. The predicted molar refractivity (Wildman–Crippen MR) is 101 cm³/mol. The van der Waals surface area contributed by atoms with Crippen LogP contribution in [0.1, 0.15) is 47.9 Å². The molecule has 4 nitrogen and oxygen atoms in total. The van der Waals surface area contributed by atoms with Gasteiger partial charge in [-0.3, -0.25) is 4.79 Å². The van der Waals surface area contributed by atoms with Crippen LogP contribution in [0.25, 0.3) is 0 Å². The van der Waals surface area contributed by atoms with Crippen molar-refractivity contribution in [3.05, 3.63) is 27.1 Å². The number of aromatic nitrogens is 1. The van der Waals surface area contributed by atoms with Gasteiger partial charge in [0, 0.05) is 16.0 Å². The van der Waals surface area contributed by atoms with Crippen LogP contribution in [0, 0.1) is 18.3 Å². The van der Waals surface area contributed by atoms with Gasteiger partial charge in [0.15, 0.2) is 4.34 Å². The molecule has 1 aliphatic carbocycles. The molecule has 2 aromatic rings. The first-order valence-electron chi connectivity index (χ1n) is 8.02. The maximum absolute atomic E-state index is 12.5. The zero-order chi connectivity index (χ0) is 17.1. The highest BCUT2D eigenvalue weighted by molar-refractivity contribution is 8.02.